The Morgan fingerprint density at radius 3 is 2.41 bits per heavy atom. The van der Waals surface area contributed by atoms with Crippen LogP contribution < -0.4 is 10.4 Å². The van der Waals surface area contributed by atoms with Gasteiger partial charge in [0.2, 0.25) is 5.92 Å². The van der Waals surface area contributed by atoms with Gasteiger partial charge in [0.25, 0.3) is 0 Å². The molecule has 1 aliphatic rings. The number of alkyl halides is 2. The molecule has 3 aromatic rings. The van der Waals surface area contributed by atoms with Gasteiger partial charge in [-0.1, -0.05) is 0 Å². The third kappa shape index (κ3) is 3.20. The van der Waals surface area contributed by atoms with Gasteiger partial charge in [-0.2, -0.15) is 0 Å². The molecular weight excluding hydrogens is 368 g/mol. The molecule has 0 radical (unpaired) electrons. The molecule has 1 saturated carbocycles. The summed E-state index contributed by atoms with van der Waals surface area (Å²) in [5, 5.41) is 8.64. The SMILES string of the molecule is O=c1oc2cc(O)cc(F)c2c2c(F)cc(OC3CCC(F)(F)CC3)cc12. The molecule has 0 bridgehead atoms. The lowest BCUT2D eigenvalue weighted by molar-refractivity contribution is -0.0582. The Labute approximate surface area is 150 Å². The Morgan fingerprint density at radius 1 is 1.04 bits per heavy atom. The van der Waals surface area contributed by atoms with Crippen LogP contribution in [0.5, 0.6) is 11.5 Å². The van der Waals surface area contributed by atoms with Crippen molar-refractivity contribution in [2.24, 2.45) is 0 Å². The second-order valence-corrected chi connectivity index (χ2v) is 6.69. The fourth-order valence-corrected chi connectivity index (χ4v) is 3.43. The first kappa shape index (κ1) is 17.6. The maximum atomic E-state index is 14.7. The highest BCUT2D eigenvalue weighted by Crippen LogP contribution is 2.36. The maximum Gasteiger partial charge on any atom is 0.344 e. The van der Waals surface area contributed by atoms with Crippen LogP contribution in [0.15, 0.2) is 33.5 Å². The molecule has 8 heteroatoms. The van der Waals surface area contributed by atoms with E-state index in [1.165, 1.54) is 6.07 Å². The van der Waals surface area contributed by atoms with Gasteiger partial charge >= 0.3 is 5.63 Å². The smallest absolute Gasteiger partial charge is 0.344 e. The molecule has 0 atom stereocenters. The Morgan fingerprint density at radius 2 is 1.70 bits per heavy atom. The Hall–Kier alpha value is -2.77. The van der Waals surface area contributed by atoms with Crippen LogP contribution in [-0.4, -0.2) is 17.1 Å². The normalized spacial score (nSPS) is 17.5. The number of hydrogen-bond acceptors (Lipinski definition) is 4. The summed E-state index contributed by atoms with van der Waals surface area (Å²) in [6.07, 6.45) is -0.966. The zero-order chi connectivity index (χ0) is 19.3. The van der Waals surface area contributed by atoms with Crippen LogP contribution in [0.3, 0.4) is 0 Å². The average molecular weight is 382 g/mol. The number of phenols is 1. The Bertz CT molecular complexity index is 1100. The number of rotatable bonds is 2. The monoisotopic (exact) mass is 382 g/mol. The number of benzene rings is 2. The molecule has 1 aromatic heterocycles. The van der Waals surface area contributed by atoms with Crippen molar-refractivity contribution in [2.75, 3.05) is 0 Å². The van der Waals surface area contributed by atoms with Crippen molar-refractivity contribution < 1.29 is 31.8 Å². The van der Waals surface area contributed by atoms with E-state index >= 15 is 0 Å². The van der Waals surface area contributed by atoms with Gasteiger partial charge in [0.15, 0.2) is 0 Å². The molecular formula is C19H14F4O4. The van der Waals surface area contributed by atoms with Gasteiger partial charge in [-0.3, -0.25) is 0 Å². The zero-order valence-corrected chi connectivity index (χ0v) is 13.9. The number of hydrogen-bond donors (Lipinski definition) is 1. The van der Waals surface area contributed by atoms with Gasteiger partial charge in [-0.25, -0.2) is 22.4 Å². The molecule has 27 heavy (non-hydrogen) atoms. The number of aromatic hydroxyl groups is 1. The van der Waals surface area contributed by atoms with E-state index < -0.39 is 35.0 Å². The second kappa shape index (κ2) is 6.14. The fraction of sp³-hybridized carbons (Fsp3) is 0.316. The number of ether oxygens (including phenoxy) is 1. The summed E-state index contributed by atoms with van der Waals surface area (Å²) in [5.74, 6) is -5.05. The minimum atomic E-state index is -2.72. The molecule has 4 nitrogen and oxygen atoms in total. The van der Waals surface area contributed by atoms with Crippen LogP contribution in [-0.2, 0) is 0 Å². The fourth-order valence-electron chi connectivity index (χ4n) is 3.43. The van der Waals surface area contributed by atoms with E-state index in [0.29, 0.717) is 0 Å². The van der Waals surface area contributed by atoms with E-state index in [-0.39, 0.29) is 53.2 Å². The Balaban J connectivity index is 1.79. The van der Waals surface area contributed by atoms with Crippen molar-refractivity contribution in [3.05, 3.63) is 46.3 Å². The molecule has 0 saturated heterocycles. The third-order valence-corrected chi connectivity index (χ3v) is 4.74. The average Bonchev–Trinajstić information content (AvgIpc) is 2.57. The van der Waals surface area contributed by atoms with Gasteiger partial charge in [-0.05, 0) is 18.9 Å². The van der Waals surface area contributed by atoms with Crippen LogP contribution in [0.1, 0.15) is 25.7 Å². The lowest BCUT2D eigenvalue weighted by Gasteiger charge is -2.28. The standard InChI is InChI=1S/C19H14F4O4/c20-13-5-9(24)6-15-17(13)16-12(18(25)27-15)7-11(8-14(16)21)26-10-1-3-19(22,23)4-2-10/h5-8,10,24H,1-4H2. The van der Waals surface area contributed by atoms with Crippen molar-refractivity contribution in [1.82, 2.24) is 0 Å². The molecule has 1 aliphatic carbocycles. The maximum absolute atomic E-state index is 14.7. The van der Waals surface area contributed by atoms with E-state index in [1.807, 2.05) is 0 Å². The predicted molar refractivity (Wildman–Crippen MR) is 89.4 cm³/mol. The van der Waals surface area contributed by atoms with E-state index in [1.54, 1.807) is 0 Å². The summed E-state index contributed by atoms with van der Waals surface area (Å²) >= 11 is 0. The molecule has 142 valence electrons. The molecule has 0 spiro atoms. The predicted octanol–water partition coefficient (Wildman–Crippen LogP) is 4.89. The zero-order valence-electron chi connectivity index (χ0n) is 13.9. The highest BCUT2D eigenvalue weighted by molar-refractivity contribution is 6.05. The van der Waals surface area contributed by atoms with Gasteiger partial charge in [0, 0.05) is 36.4 Å². The van der Waals surface area contributed by atoms with Gasteiger partial charge < -0.3 is 14.3 Å². The summed E-state index contributed by atoms with van der Waals surface area (Å²) in [6.45, 7) is 0. The highest BCUT2D eigenvalue weighted by Gasteiger charge is 2.35. The van der Waals surface area contributed by atoms with Crippen LogP contribution in [0.25, 0.3) is 21.7 Å². The lowest BCUT2D eigenvalue weighted by Crippen LogP contribution is -2.30. The van der Waals surface area contributed by atoms with E-state index in [0.717, 1.165) is 18.2 Å². The first-order valence-corrected chi connectivity index (χ1v) is 8.36. The molecule has 0 unspecified atom stereocenters. The topological polar surface area (TPSA) is 59.7 Å². The van der Waals surface area contributed by atoms with Gasteiger partial charge in [0.1, 0.15) is 28.7 Å². The van der Waals surface area contributed by atoms with E-state index in [4.69, 9.17) is 9.15 Å². The minimum absolute atomic E-state index is 0.0129. The van der Waals surface area contributed by atoms with Crippen molar-refractivity contribution >= 4 is 21.7 Å². The first-order chi connectivity index (χ1) is 12.7. The quantitative estimate of drug-likeness (QED) is 0.390. The molecule has 0 amide bonds. The first-order valence-electron chi connectivity index (χ1n) is 8.36. The molecule has 0 aliphatic heterocycles. The second-order valence-electron chi connectivity index (χ2n) is 6.69. The van der Waals surface area contributed by atoms with E-state index in [9.17, 15) is 27.5 Å². The van der Waals surface area contributed by atoms with Crippen molar-refractivity contribution in [1.29, 1.82) is 0 Å². The number of fused-ring (bicyclic) bond motifs is 3. The van der Waals surface area contributed by atoms with Crippen LogP contribution >= 0.6 is 0 Å². The minimum Gasteiger partial charge on any atom is -0.508 e. The molecule has 1 fully saturated rings. The van der Waals surface area contributed by atoms with Crippen molar-refractivity contribution in [3.63, 3.8) is 0 Å². The largest absolute Gasteiger partial charge is 0.508 e. The van der Waals surface area contributed by atoms with Crippen molar-refractivity contribution in [2.45, 2.75) is 37.7 Å². The van der Waals surface area contributed by atoms with Gasteiger partial charge in [-0.15, -0.1) is 0 Å². The van der Waals surface area contributed by atoms with E-state index in [2.05, 4.69) is 0 Å². The van der Waals surface area contributed by atoms with Crippen molar-refractivity contribution in [3.8, 4) is 11.5 Å². The molecule has 4 rings (SSSR count). The summed E-state index contributed by atoms with van der Waals surface area (Å²) in [6, 6.07) is 4.00. The molecule has 1 heterocycles. The summed E-state index contributed by atoms with van der Waals surface area (Å²) in [5.41, 5.74) is -1.21. The van der Waals surface area contributed by atoms with Gasteiger partial charge in [0.05, 0.1) is 16.9 Å². The number of phenolic OH excluding ortho intramolecular Hbond substituents is 1. The number of halogens is 4. The summed E-state index contributed by atoms with van der Waals surface area (Å²) in [4.78, 5) is 12.2. The van der Waals surface area contributed by atoms with Crippen LogP contribution in [0, 0.1) is 11.6 Å². The molecule has 2 aromatic carbocycles. The molecule has 1 N–H and O–H groups in total. The summed E-state index contributed by atoms with van der Waals surface area (Å²) < 4.78 is 66.0. The Kier molecular flexibility index (Phi) is 4.01. The summed E-state index contributed by atoms with van der Waals surface area (Å²) in [7, 11) is 0. The lowest BCUT2D eigenvalue weighted by atomic mass is 9.94. The van der Waals surface area contributed by atoms with Crippen LogP contribution in [0.2, 0.25) is 0 Å². The highest BCUT2D eigenvalue weighted by atomic mass is 19.3. The third-order valence-electron chi connectivity index (χ3n) is 4.74. The van der Waals surface area contributed by atoms with Crippen LogP contribution in [0.4, 0.5) is 17.6 Å².